The Hall–Kier alpha value is -2.17. The van der Waals surface area contributed by atoms with Crippen LogP contribution in [0.3, 0.4) is 0 Å². The number of anilines is 1. The van der Waals surface area contributed by atoms with Crippen LogP contribution in [-0.4, -0.2) is 49.1 Å². The van der Waals surface area contributed by atoms with Crippen molar-refractivity contribution in [3.8, 4) is 6.07 Å². The molecule has 0 aromatic heterocycles. The Balaban J connectivity index is 1.98. The summed E-state index contributed by atoms with van der Waals surface area (Å²) in [4.78, 5) is 12.8. The number of para-hydroxylation sites is 1. The van der Waals surface area contributed by atoms with Crippen LogP contribution in [-0.2, 0) is 0 Å². The molecule has 0 aliphatic carbocycles. The van der Waals surface area contributed by atoms with Crippen molar-refractivity contribution >= 4 is 11.4 Å². The van der Waals surface area contributed by atoms with Gasteiger partial charge in [0.2, 0.25) is 0 Å². The van der Waals surface area contributed by atoms with E-state index in [1.165, 1.54) is 6.07 Å². The van der Waals surface area contributed by atoms with Crippen LogP contribution in [0.1, 0.15) is 5.56 Å². The Morgan fingerprint density at radius 1 is 1.45 bits per heavy atom. The van der Waals surface area contributed by atoms with E-state index in [1.807, 2.05) is 6.07 Å². The fraction of sp³-hybridized carbons (Fsp3) is 0.462. The predicted molar refractivity (Wildman–Crippen MR) is 75.6 cm³/mol. The molecule has 0 radical (unpaired) electrons. The molecule has 1 saturated heterocycles. The van der Waals surface area contributed by atoms with Gasteiger partial charge in [0, 0.05) is 39.3 Å². The number of nitro groups is 1. The maximum absolute atomic E-state index is 11.1. The van der Waals surface area contributed by atoms with E-state index in [4.69, 9.17) is 5.26 Å². The van der Waals surface area contributed by atoms with Gasteiger partial charge in [-0.3, -0.25) is 15.0 Å². The van der Waals surface area contributed by atoms with Crippen LogP contribution in [0.15, 0.2) is 18.2 Å². The molecule has 1 aliphatic heterocycles. The standard InChI is InChI=1S/C13H17N5O2/c14-10-11-2-1-3-12(13(11)18(19)20)16-6-9-17-7-4-15-5-8-17/h1-3,15-16H,4-9H2. The molecular weight excluding hydrogens is 258 g/mol. The number of hydrogen-bond acceptors (Lipinski definition) is 6. The van der Waals surface area contributed by atoms with Gasteiger partial charge in [0.1, 0.15) is 17.3 Å². The van der Waals surface area contributed by atoms with Gasteiger partial charge < -0.3 is 10.6 Å². The zero-order valence-electron chi connectivity index (χ0n) is 11.1. The molecule has 0 amide bonds. The Kier molecular flexibility index (Phi) is 4.87. The first-order valence-corrected chi connectivity index (χ1v) is 6.57. The molecule has 0 atom stereocenters. The third kappa shape index (κ3) is 3.44. The maximum atomic E-state index is 11.1. The minimum atomic E-state index is -0.508. The smallest absolute Gasteiger partial charge is 0.309 e. The summed E-state index contributed by atoms with van der Waals surface area (Å²) in [6.07, 6.45) is 0. The van der Waals surface area contributed by atoms with Crippen LogP contribution in [0.2, 0.25) is 0 Å². The highest BCUT2D eigenvalue weighted by atomic mass is 16.6. The van der Waals surface area contributed by atoms with Gasteiger partial charge in [0.05, 0.1) is 4.92 Å². The fourth-order valence-corrected chi connectivity index (χ4v) is 2.26. The third-order valence-electron chi connectivity index (χ3n) is 3.29. The fourth-order valence-electron chi connectivity index (χ4n) is 2.26. The molecule has 2 N–H and O–H groups in total. The highest BCUT2D eigenvalue weighted by molar-refractivity contribution is 5.68. The number of rotatable bonds is 5. The molecule has 1 heterocycles. The molecule has 7 heteroatoms. The summed E-state index contributed by atoms with van der Waals surface area (Å²) >= 11 is 0. The summed E-state index contributed by atoms with van der Waals surface area (Å²) in [5.74, 6) is 0. The number of benzene rings is 1. The number of nitriles is 1. The van der Waals surface area contributed by atoms with Crippen molar-refractivity contribution in [1.29, 1.82) is 5.26 Å². The molecule has 1 aliphatic rings. The molecule has 20 heavy (non-hydrogen) atoms. The summed E-state index contributed by atoms with van der Waals surface area (Å²) in [5, 5.41) is 26.3. The largest absolute Gasteiger partial charge is 0.378 e. The van der Waals surface area contributed by atoms with Gasteiger partial charge in [0.15, 0.2) is 0 Å². The Labute approximate surface area is 117 Å². The normalized spacial score (nSPS) is 15.6. The SMILES string of the molecule is N#Cc1cccc(NCCN2CCNCC2)c1[N+](=O)[O-]. The summed E-state index contributed by atoms with van der Waals surface area (Å²) in [6, 6.07) is 6.60. The molecule has 7 nitrogen and oxygen atoms in total. The maximum Gasteiger partial charge on any atom is 0.309 e. The lowest BCUT2D eigenvalue weighted by atomic mass is 10.1. The molecule has 0 saturated carbocycles. The molecule has 1 fully saturated rings. The minimum absolute atomic E-state index is 0.0853. The number of hydrogen-bond donors (Lipinski definition) is 2. The van der Waals surface area contributed by atoms with Crippen LogP contribution in [0, 0.1) is 21.4 Å². The molecule has 1 aromatic rings. The highest BCUT2D eigenvalue weighted by Crippen LogP contribution is 2.27. The topological polar surface area (TPSA) is 94.2 Å². The van der Waals surface area contributed by atoms with E-state index in [-0.39, 0.29) is 11.3 Å². The van der Waals surface area contributed by atoms with Crippen molar-refractivity contribution in [2.45, 2.75) is 0 Å². The van der Waals surface area contributed by atoms with E-state index in [9.17, 15) is 10.1 Å². The van der Waals surface area contributed by atoms with Crippen LogP contribution in [0.4, 0.5) is 11.4 Å². The van der Waals surface area contributed by atoms with Gasteiger partial charge in [-0.15, -0.1) is 0 Å². The molecule has 2 rings (SSSR count). The summed E-state index contributed by atoms with van der Waals surface area (Å²) in [5.41, 5.74) is 0.349. The van der Waals surface area contributed by atoms with E-state index in [0.717, 1.165) is 32.7 Å². The molecule has 1 aromatic carbocycles. The summed E-state index contributed by atoms with van der Waals surface area (Å²) < 4.78 is 0. The Morgan fingerprint density at radius 2 is 2.20 bits per heavy atom. The number of nitrogens with one attached hydrogen (secondary N) is 2. The summed E-state index contributed by atoms with van der Waals surface area (Å²) in [7, 11) is 0. The van der Waals surface area contributed by atoms with Gasteiger partial charge in [-0.2, -0.15) is 5.26 Å². The van der Waals surface area contributed by atoms with Gasteiger partial charge in [-0.1, -0.05) is 6.07 Å². The second-order valence-corrected chi connectivity index (χ2v) is 4.59. The van der Waals surface area contributed by atoms with Gasteiger partial charge in [-0.05, 0) is 12.1 Å². The van der Waals surface area contributed by atoms with E-state index in [1.54, 1.807) is 12.1 Å². The van der Waals surface area contributed by atoms with Gasteiger partial charge in [-0.25, -0.2) is 0 Å². The van der Waals surface area contributed by atoms with E-state index in [0.29, 0.717) is 12.2 Å². The van der Waals surface area contributed by atoms with Crippen LogP contribution >= 0.6 is 0 Å². The van der Waals surface area contributed by atoms with Crippen LogP contribution < -0.4 is 10.6 Å². The van der Waals surface area contributed by atoms with Crippen molar-refractivity contribution in [2.75, 3.05) is 44.6 Å². The Morgan fingerprint density at radius 3 is 2.85 bits per heavy atom. The average Bonchev–Trinajstić information content (AvgIpc) is 2.47. The number of piperazine rings is 1. The zero-order chi connectivity index (χ0) is 14.4. The minimum Gasteiger partial charge on any atom is -0.378 e. The Bertz CT molecular complexity index is 520. The quantitative estimate of drug-likeness (QED) is 0.609. The van der Waals surface area contributed by atoms with E-state index in [2.05, 4.69) is 15.5 Å². The number of nitrogens with zero attached hydrogens (tertiary/aromatic N) is 3. The molecule has 0 unspecified atom stereocenters. The average molecular weight is 275 g/mol. The first kappa shape index (κ1) is 14.2. The number of nitro benzene ring substituents is 1. The lowest BCUT2D eigenvalue weighted by Gasteiger charge is -2.27. The predicted octanol–water partition coefficient (Wildman–Crippen LogP) is 0.784. The van der Waals surface area contributed by atoms with Crippen molar-refractivity contribution < 1.29 is 4.92 Å². The first-order chi connectivity index (χ1) is 9.72. The molecule has 106 valence electrons. The van der Waals surface area contributed by atoms with Crippen molar-refractivity contribution in [1.82, 2.24) is 10.2 Å². The molecule has 0 spiro atoms. The van der Waals surface area contributed by atoms with E-state index >= 15 is 0 Å². The lowest BCUT2D eigenvalue weighted by Crippen LogP contribution is -2.45. The lowest BCUT2D eigenvalue weighted by molar-refractivity contribution is -0.384. The zero-order valence-corrected chi connectivity index (χ0v) is 11.1. The van der Waals surface area contributed by atoms with Crippen molar-refractivity contribution in [3.05, 3.63) is 33.9 Å². The van der Waals surface area contributed by atoms with Crippen LogP contribution in [0.5, 0.6) is 0 Å². The first-order valence-electron chi connectivity index (χ1n) is 6.57. The van der Waals surface area contributed by atoms with E-state index < -0.39 is 4.92 Å². The molecule has 0 bridgehead atoms. The van der Waals surface area contributed by atoms with Crippen molar-refractivity contribution in [3.63, 3.8) is 0 Å². The summed E-state index contributed by atoms with van der Waals surface area (Å²) in [6.45, 7) is 5.38. The third-order valence-corrected chi connectivity index (χ3v) is 3.29. The monoisotopic (exact) mass is 275 g/mol. The van der Waals surface area contributed by atoms with Crippen LogP contribution in [0.25, 0.3) is 0 Å². The van der Waals surface area contributed by atoms with Gasteiger partial charge in [0.25, 0.3) is 0 Å². The molecular formula is C13H17N5O2. The van der Waals surface area contributed by atoms with Crippen molar-refractivity contribution in [2.24, 2.45) is 0 Å². The second kappa shape index (κ2) is 6.84. The highest BCUT2D eigenvalue weighted by Gasteiger charge is 2.19. The second-order valence-electron chi connectivity index (χ2n) is 4.59. The van der Waals surface area contributed by atoms with Gasteiger partial charge >= 0.3 is 5.69 Å².